The van der Waals surface area contributed by atoms with E-state index < -0.39 is 12.0 Å². The van der Waals surface area contributed by atoms with Crippen LogP contribution >= 0.6 is 11.3 Å². The minimum Gasteiger partial charge on any atom is -0.497 e. The number of ether oxygens (including phenoxy) is 4. The molecule has 9 heteroatoms. The summed E-state index contributed by atoms with van der Waals surface area (Å²) in [4.78, 5) is 32.5. The van der Waals surface area contributed by atoms with Gasteiger partial charge in [0.2, 0.25) is 0 Å². The first-order valence-electron chi connectivity index (χ1n) is 12.0. The monoisotopic (exact) mass is 522 g/mol. The highest BCUT2D eigenvalue weighted by atomic mass is 32.1. The molecular weight excluding hydrogens is 492 g/mol. The molecule has 3 aromatic rings. The Labute approximate surface area is 219 Å². The van der Waals surface area contributed by atoms with Crippen LogP contribution in [0.1, 0.15) is 43.9 Å². The van der Waals surface area contributed by atoms with E-state index in [2.05, 4.69) is 0 Å². The lowest BCUT2D eigenvalue weighted by Gasteiger charge is -2.26. The molecule has 194 valence electrons. The average molecular weight is 523 g/mol. The summed E-state index contributed by atoms with van der Waals surface area (Å²) >= 11 is 1.26. The number of hydrogen-bond acceptors (Lipinski definition) is 8. The minimum atomic E-state index is -0.748. The molecule has 1 aliphatic heterocycles. The molecule has 1 atom stereocenters. The Hall–Kier alpha value is -3.85. The third kappa shape index (κ3) is 5.04. The van der Waals surface area contributed by atoms with Crippen LogP contribution in [0.2, 0.25) is 0 Å². The molecule has 8 nitrogen and oxygen atoms in total. The number of hydrogen-bond donors (Lipinski definition) is 0. The second kappa shape index (κ2) is 11.5. The van der Waals surface area contributed by atoms with Crippen LogP contribution in [0.15, 0.2) is 63.5 Å². The van der Waals surface area contributed by atoms with Crippen molar-refractivity contribution in [2.45, 2.75) is 32.7 Å². The van der Waals surface area contributed by atoms with E-state index in [4.69, 9.17) is 23.9 Å². The van der Waals surface area contributed by atoms with Gasteiger partial charge in [0.1, 0.15) is 23.3 Å². The van der Waals surface area contributed by atoms with Gasteiger partial charge in [0, 0.05) is 11.1 Å². The standard InChI is InChI=1S/C28H30N2O6S/c1-6-10-20-24(27(32)36-7-2)25(19-11-8-9-12-22(19)35-5)30-26(31)23(37-28(30)29-20)16-17-15-18(33-3)13-14-21(17)34-4/h8-9,11-16,25H,6-7,10H2,1-5H3/b23-16-. The van der Waals surface area contributed by atoms with E-state index in [1.54, 1.807) is 57.1 Å². The Morgan fingerprint density at radius 3 is 2.49 bits per heavy atom. The average Bonchev–Trinajstić information content (AvgIpc) is 3.22. The highest BCUT2D eigenvalue weighted by Gasteiger charge is 2.35. The zero-order chi connectivity index (χ0) is 26.5. The summed E-state index contributed by atoms with van der Waals surface area (Å²) < 4.78 is 24.0. The number of methoxy groups -OCH3 is 3. The van der Waals surface area contributed by atoms with E-state index in [0.29, 0.717) is 55.4 Å². The maximum absolute atomic E-state index is 13.9. The second-order valence-corrected chi connectivity index (χ2v) is 9.27. The molecule has 0 radical (unpaired) electrons. The van der Waals surface area contributed by atoms with Gasteiger partial charge in [0.15, 0.2) is 4.80 Å². The van der Waals surface area contributed by atoms with Crippen molar-refractivity contribution in [3.05, 3.63) is 84.5 Å². The number of aromatic nitrogens is 1. The summed E-state index contributed by atoms with van der Waals surface area (Å²) in [5.74, 6) is 1.32. The molecule has 0 bridgehead atoms. The Morgan fingerprint density at radius 2 is 1.81 bits per heavy atom. The fourth-order valence-corrected chi connectivity index (χ4v) is 5.41. The van der Waals surface area contributed by atoms with Crippen LogP contribution in [0.3, 0.4) is 0 Å². The number of rotatable bonds is 9. The molecule has 0 aliphatic carbocycles. The smallest absolute Gasteiger partial charge is 0.338 e. The van der Waals surface area contributed by atoms with Crippen molar-refractivity contribution in [1.29, 1.82) is 0 Å². The van der Waals surface area contributed by atoms with Gasteiger partial charge in [-0.3, -0.25) is 9.36 Å². The molecule has 0 N–H and O–H groups in total. The third-order valence-electron chi connectivity index (χ3n) is 6.05. The van der Waals surface area contributed by atoms with Crippen molar-refractivity contribution >= 4 is 23.4 Å². The molecule has 1 aliphatic rings. The molecular formula is C28H30N2O6S. The summed E-state index contributed by atoms with van der Waals surface area (Å²) in [7, 11) is 4.72. The van der Waals surface area contributed by atoms with Crippen LogP contribution in [0.4, 0.5) is 0 Å². The number of esters is 1. The number of para-hydroxylation sites is 1. The summed E-state index contributed by atoms with van der Waals surface area (Å²) in [5, 5.41) is 0. The van der Waals surface area contributed by atoms with Crippen LogP contribution in [-0.2, 0) is 9.53 Å². The topological polar surface area (TPSA) is 88.4 Å². The van der Waals surface area contributed by atoms with Crippen molar-refractivity contribution < 1.29 is 23.7 Å². The Kier molecular flexibility index (Phi) is 8.13. The molecule has 0 saturated carbocycles. The molecule has 2 aromatic carbocycles. The zero-order valence-electron chi connectivity index (χ0n) is 21.6. The maximum atomic E-state index is 13.9. The van der Waals surface area contributed by atoms with Crippen molar-refractivity contribution in [3.8, 4) is 17.2 Å². The van der Waals surface area contributed by atoms with Gasteiger partial charge >= 0.3 is 5.97 Å². The zero-order valence-corrected chi connectivity index (χ0v) is 22.4. The van der Waals surface area contributed by atoms with Crippen molar-refractivity contribution in [3.63, 3.8) is 0 Å². The first-order chi connectivity index (χ1) is 18.0. The van der Waals surface area contributed by atoms with E-state index in [1.807, 2.05) is 31.2 Å². The Balaban J connectivity index is 2.04. The van der Waals surface area contributed by atoms with Crippen LogP contribution in [0, 0.1) is 0 Å². The van der Waals surface area contributed by atoms with Crippen molar-refractivity contribution in [2.24, 2.45) is 4.99 Å². The number of carbonyl (C=O) groups excluding carboxylic acids is 1. The van der Waals surface area contributed by atoms with Gasteiger partial charge in [-0.2, -0.15) is 0 Å². The predicted octanol–water partition coefficient (Wildman–Crippen LogP) is 3.60. The van der Waals surface area contributed by atoms with Crippen LogP contribution in [0.25, 0.3) is 6.08 Å². The van der Waals surface area contributed by atoms with Crippen LogP contribution in [-0.4, -0.2) is 38.5 Å². The molecule has 4 rings (SSSR count). The molecule has 1 aromatic heterocycles. The quantitative estimate of drug-likeness (QED) is 0.399. The summed E-state index contributed by atoms with van der Waals surface area (Å²) in [6.07, 6.45) is 3.10. The normalized spacial score (nSPS) is 15.2. The molecule has 0 amide bonds. The number of allylic oxidation sites excluding steroid dienone is 1. The highest BCUT2D eigenvalue weighted by Crippen LogP contribution is 2.36. The van der Waals surface area contributed by atoms with Gasteiger partial charge in [0.05, 0.1) is 43.7 Å². The maximum Gasteiger partial charge on any atom is 0.338 e. The first-order valence-corrected chi connectivity index (χ1v) is 12.9. The lowest BCUT2D eigenvalue weighted by molar-refractivity contribution is -0.139. The van der Waals surface area contributed by atoms with Gasteiger partial charge in [-0.1, -0.05) is 42.9 Å². The largest absolute Gasteiger partial charge is 0.497 e. The molecule has 0 spiro atoms. The predicted molar refractivity (Wildman–Crippen MR) is 142 cm³/mol. The Morgan fingerprint density at radius 1 is 1.05 bits per heavy atom. The van der Waals surface area contributed by atoms with E-state index >= 15 is 0 Å². The van der Waals surface area contributed by atoms with E-state index in [-0.39, 0.29) is 12.2 Å². The van der Waals surface area contributed by atoms with Gasteiger partial charge in [-0.05, 0) is 43.7 Å². The van der Waals surface area contributed by atoms with E-state index in [0.717, 1.165) is 6.42 Å². The van der Waals surface area contributed by atoms with E-state index in [1.165, 1.54) is 11.3 Å². The summed E-state index contributed by atoms with van der Waals surface area (Å²) in [5.41, 5.74) is 2.07. The molecule has 37 heavy (non-hydrogen) atoms. The third-order valence-corrected chi connectivity index (χ3v) is 7.03. The SMILES string of the molecule is CCCC1=C(C(=O)OCC)C(c2ccccc2OC)n2c(s/c(=C\c3cc(OC)ccc3OC)c2=O)=N1. The number of benzene rings is 2. The highest BCUT2D eigenvalue weighted by molar-refractivity contribution is 7.07. The van der Waals surface area contributed by atoms with Gasteiger partial charge in [-0.25, -0.2) is 9.79 Å². The molecule has 0 fully saturated rings. The first kappa shape index (κ1) is 26.2. The Bertz CT molecular complexity index is 1520. The van der Waals surface area contributed by atoms with Crippen molar-refractivity contribution in [1.82, 2.24) is 4.57 Å². The fraction of sp³-hybridized carbons (Fsp3) is 0.321. The van der Waals surface area contributed by atoms with Crippen LogP contribution < -0.4 is 29.1 Å². The lowest BCUT2D eigenvalue weighted by Crippen LogP contribution is -2.40. The fourth-order valence-electron chi connectivity index (χ4n) is 4.40. The lowest BCUT2D eigenvalue weighted by atomic mass is 9.93. The van der Waals surface area contributed by atoms with Crippen molar-refractivity contribution in [2.75, 3.05) is 27.9 Å². The van der Waals surface area contributed by atoms with Gasteiger partial charge < -0.3 is 18.9 Å². The summed E-state index contributed by atoms with van der Waals surface area (Å²) in [6.45, 7) is 3.99. The van der Waals surface area contributed by atoms with Gasteiger partial charge in [0.25, 0.3) is 5.56 Å². The van der Waals surface area contributed by atoms with E-state index in [9.17, 15) is 9.59 Å². The number of fused-ring (bicyclic) bond motifs is 1. The second-order valence-electron chi connectivity index (χ2n) is 8.26. The molecule has 2 heterocycles. The van der Waals surface area contributed by atoms with Gasteiger partial charge in [-0.15, -0.1) is 0 Å². The molecule has 1 unspecified atom stereocenters. The number of thiazole rings is 1. The molecule has 0 saturated heterocycles. The van der Waals surface area contributed by atoms with Crippen LogP contribution in [0.5, 0.6) is 17.2 Å². The summed E-state index contributed by atoms with van der Waals surface area (Å²) in [6, 6.07) is 12.0. The minimum absolute atomic E-state index is 0.209. The number of nitrogens with zero attached hydrogens (tertiary/aromatic N) is 2. The number of carbonyl (C=O) groups is 1.